The Labute approximate surface area is 263 Å². The summed E-state index contributed by atoms with van der Waals surface area (Å²) in [6.07, 6.45) is 4.19. The number of aryl methyl sites for hydroxylation is 1. The van der Waals surface area contributed by atoms with Crippen LogP contribution in [0.4, 0.5) is 0 Å². The maximum absolute atomic E-state index is 13.5. The zero-order valence-electron chi connectivity index (χ0n) is 26.3. The van der Waals surface area contributed by atoms with E-state index in [9.17, 15) is 14.7 Å². The molecule has 1 saturated heterocycles. The number of hydrogen-bond donors (Lipinski definition) is 1. The SMILES string of the molecule is COCCCn1c([C@@H]2CCCN(C(=O)C[C@H](C)Cc3ccc(-n4c(=O)n(CCO)c5ccccc54)cc3)C2)nc2ccccc21. The number of aliphatic hydroxyl groups is 1. The summed E-state index contributed by atoms with van der Waals surface area (Å²) in [6.45, 7) is 5.33. The average Bonchev–Trinajstić information content (AvgIpc) is 3.56. The van der Waals surface area contributed by atoms with Crippen molar-refractivity contribution in [3.05, 3.63) is 94.7 Å². The molecule has 3 aromatic carbocycles. The maximum atomic E-state index is 13.5. The largest absolute Gasteiger partial charge is 0.395 e. The fourth-order valence-electron chi connectivity index (χ4n) is 6.88. The van der Waals surface area contributed by atoms with Gasteiger partial charge in [0, 0.05) is 45.7 Å². The summed E-state index contributed by atoms with van der Waals surface area (Å²) in [5.41, 5.74) is 5.52. The molecule has 236 valence electrons. The number of aliphatic hydroxyl groups excluding tert-OH is 1. The Balaban J connectivity index is 1.11. The van der Waals surface area contributed by atoms with Crippen molar-refractivity contribution in [2.24, 2.45) is 5.92 Å². The zero-order chi connectivity index (χ0) is 31.3. The van der Waals surface area contributed by atoms with E-state index >= 15 is 0 Å². The molecule has 0 bridgehead atoms. The number of piperidine rings is 1. The molecule has 1 N–H and O–H groups in total. The Hall–Kier alpha value is -4.21. The van der Waals surface area contributed by atoms with Crippen LogP contribution in [0.1, 0.15) is 49.9 Å². The molecular weight excluding hydrogens is 566 g/mol. The fourth-order valence-corrected chi connectivity index (χ4v) is 6.88. The lowest BCUT2D eigenvalue weighted by molar-refractivity contribution is -0.133. The third-order valence-electron chi connectivity index (χ3n) is 9.01. The van der Waals surface area contributed by atoms with Crippen LogP contribution in [0.3, 0.4) is 0 Å². The molecule has 1 aliphatic heterocycles. The second-order valence-corrected chi connectivity index (χ2v) is 12.3. The molecule has 1 fully saturated rings. The summed E-state index contributed by atoms with van der Waals surface area (Å²) < 4.78 is 10.9. The highest BCUT2D eigenvalue weighted by molar-refractivity contribution is 5.79. The van der Waals surface area contributed by atoms with Crippen molar-refractivity contribution in [2.75, 3.05) is 33.4 Å². The molecule has 0 saturated carbocycles. The van der Waals surface area contributed by atoms with Gasteiger partial charge in [0.2, 0.25) is 5.91 Å². The zero-order valence-corrected chi connectivity index (χ0v) is 26.3. The van der Waals surface area contributed by atoms with Gasteiger partial charge >= 0.3 is 5.69 Å². The van der Waals surface area contributed by atoms with Crippen LogP contribution < -0.4 is 5.69 Å². The second kappa shape index (κ2) is 13.8. The van der Waals surface area contributed by atoms with E-state index in [0.29, 0.717) is 19.6 Å². The van der Waals surface area contributed by atoms with E-state index in [2.05, 4.69) is 29.7 Å². The Morgan fingerprint density at radius 2 is 1.71 bits per heavy atom. The number of aromatic nitrogens is 4. The first-order chi connectivity index (χ1) is 22.0. The smallest absolute Gasteiger partial charge is 0.333 e. The minimum atomic E-state index is -0.164. The van der Waals surface area contributed by atoms with Gasteiger partial charge in [-0.2, -0.15) is 0 Å². The van der Waals surface area contributed by atoms with E-state index in [1.54, 1.807) is 16.2 Å². The fraction of sp³-hybridized carbons (Fsp3) is 0.417. The van der Waals surface area contributed by atoms with Crippen molar-refractivity contribution >= 4 is 28.0 Å². The van der Waals surface area contributed by atoms with Gasteiger partial charge in [-0.3, -0.25) is 13.9 Å². The number of fused-ring (bicyclic) bond motifs is 2. The molecule has 1 aliphatic rings. The van der Waals surface area contributed by atoms with E-state index in [1.807, 2.05) is 59.5 Å². The van der Waals surface area contributed by atoms with E-state index in [4.69, 9.17) is 9.72 Å². The Bertz CT molecular complexity index is 1820. The predicted octanol–water partition coefficient (Wildman–Crippen LogP) is 5.15. The van der Waals surface area contributed by atoms with E-state index < -0.39 is 0 Å². The summed E-state index contributed by atoms with van der Waals surface area (Å²) in [7, 11) is 1.73. The molecule has 5 aromatic rings. The molecule has 0 spiro atoms. The summed E-state index contributed by atoms with van der Waals surface area (Å²) >= 11 is 0. The van der Waals surface area contributed by atoms with Gasteiger partial charge in [0.05, 0.1) is 40.9 Å². The van der Waals surface area contributed by atoms with Gasteiger partial charge in [-0.1, -0.05) is 43.3 Å². The highest BCUT2D eigenvalue weighted by atomic mass is 16.5. The van der Waals surface area contributed by atoms with Crippen molar-refractivity contribution in [3.63, 3.8) is 0 Å². The van der Waals surface area contributed by atoms with Gasteiger partial charge in [0.15, 0.2) is 0 Å². The molecule has 2 atom stereocenters. The van der Waals surface area contributed by atoms with Crippen LogP contribution in [0.5, 0.6) is 0 Å². The molecule has 6 rings (SSSR count). The molecule has 1 amide bonds. The first kappa shape index (κ1) is 30.8. The van der Waals surface area contributed by atoms with E-state index in [0.717, 1.165) is 77.9 Å². The second-order valence-electron chi connectivity index (χ2n) is 12.3. The first-order valence-electron chi connectivity index (χ1n) is 16.1. The van der Waals surface area contributed by atoms with Crippen LogP contribution in [0, 0.1) is 5.92 Å². The van der Waals surface area contributed by atoms with E-state index in [1.165, 1.54) is 0 Å². The van der Waals surface area contributed by atoms with Gasteiger partial charge < -0.3 is 19.3 Å². The number of benzene rings is 3. The average molecular weight is 610 g/mol. The number of methoxy groups -OCH3 is 1. The number of hydrogen-bond acceptors (Lipinski definition) is 5. The molecule has 45 heavy (non-hydrogen) atoms. The number of likely N-dealkylation sites (tertiary alicyclic amines) is 1. The number of nitrogens with zero attached hydrogens (tertiary/aromatic N) is 5. The van der Waals surface area contributed by atoms with Gasteiger partial charge in [-0.05, 0) is 73.6 Å². The third kappa shape index (κ3) is 6.46. The van der Waals surface area contributed by atoms with Gasteiger partial charge in [-0.25, -0.2) is 9.78 Å². The van der Waals surface area contributed by atoms with Crippen LogP contribution in [-0.4, -0.2) is 68.0 Å². The molecule has 0 aliphatic carbocycles. The lowest BCUT2D eigenvalue weighted by Gasteiger charge is -2.33. The lowest BCUT2D eigenvalue weighted by Crippen LogP contribution is -2.40. The van der Waals surface area contributed by atoms with Crippen molar-refractivity contribution in [1.29, 1.82) is 0 Å². The standard InChI is InChI=1S/C36H43N5O4/c1-26(23-27-14-16-29(17-15-27)41-33-13-6-5-12-32(33)40(20-21-42)36(41)44)24-34(43)38-18-7-9-28(25-38)35-37-30-10-3-4-11-31(30)39(35)19-8-22-45-2/h3-6,10-17,26,28,42H,7-9,18-25H2,1-2H3/t26-,28-/m1/s1. The van der Waals surface area contributed by atoms with Crippen LogP contribution in [0.25, 0.3) is 27.8 Å². The first-order valence-corrected chi connectivity index (χ1v) is 16.1. The van der Waals surface area contributed by atoms with Crippen molar-refractivity contribution < 1.29 is 14.6 Å². The summed E-state index contributed by atoms with van der Waals surface area (Å²) in [6, 6.07) is 24.0. The van der Waals surface area contributed by atoms with Crippen molar-refractivity contribution in [1.82, 2.24) is 23.6 Å². The van der Waals surface area contributed by atoms with Crippen LogP contribution in [0.2, 0.25) is 0 Å². The predicted molar refractivity (Wildman–Crippen MR) is 177 cm³/mol. The number of rotatable bonds is 12. The molecule has 9 nitrogen and oxygen atoms in total. The van der Waals surface area contributed by atoms with Gasteiger partial charge in [-0.15, -0.1) is 0 Å². The molecule has 3 heterocycles. The van der Waals surface area contributed by atoms with Gasteiger partial charge in [0.25, 0.3) is 0 Å². The molecule has 0 radical (unpaired) electrons. The molecule has 9 heteroatoms. The number of carbonyl (C=O) groups is 1. The van der Waals surface area contributed by atoms with Crippen LogP contribution in [0.15, 0.2) is 77.6 Å². The monoisotopic (exact) mass is 609 g/mol. The van der Waals surface area contributed by atoms with Crippen molar-refractivity contribution in [3.8, 4) is 5.69 Å². The van der Waals surface area contributed by atoms with Gasteiger partial charge in [0.1, 0.15) is 5.82 Å². The minimum absolute atomic E-state index is 0.0993. The summed E-state index contributed by atoms with van der Waals surface area (Å²) in [5.74, 6) is 1.68. The van der Waals surface area contributed by atoms with Crippen LogP contribution >= 0.6 is 0 Å². The number of para-hydroxylation sites is 4. The summed E-state index contributed by atoms with van der Waals surface area (Å²) in [5, 5.41) is 9.49. The third-order valence-corrected chi connectivity index (χ3v) is 9.01. The number of imidazole rings is 2. The molecule has 2 aromatic heterocycles. The van der Waals surface area contributed by atoms with Crippen LogP contribution in [-0.2, 0) is 29.0 Å². The normalized spacial score (nSPS) is 16.1. The van der Waals surface area contributed by atoms with E-state index in [-0.39, 0.29) is 36.6 Å². The molecule has 0 unspecified atom stereocenters. The van der Waals surface area contributed by atoms with Crippen molar-refractivity contribution in [2.45, 2.75) is 58.0 Å². The highest BCUT2D eigenvalue weighted by Crippen LogP contribution is 2.30. The Kier molecular flexibility index (Phi) is 9.47. The number of amides is 1. The highest BCUT2D eigenvalue weighted by Gasteiger charge is 2.29. The molecular formula is C36H43N5O4. The Morgan fingerprint density at radius 3 is 2.47 bits per heavy atom. The maximum Gasteiger partial charge on any atom is 0.333 e. The Morgan fingerprint density at radius 1 is 0.978 bits per heavy atom. The number of ether oxygens (including phenoxy) is 1. The quantitative estimate of drug-likeness (QED) is 0.198. The lowest BCUT2D eigenvalue weighted by atomic mass is 9.94. The minimum Gasteiger partial charge on any atom is -0.395 e. The number of carbonyl (C=O) groups excluding carboxylic acids is 1. The topological polar surface area (TPSA) is 94.5 Å². The summed E-state index contributed by atoms with van der Waals surface area (Å²) in [4.78, 5) is 33.8.